The van der Waals surface area contributed by atoms with Gasteiger partial charge in [-0.3, -0.25) is 0 Å². The van der Waals surface area contributed by atoms with E-state index in [1.54, 1.807) is 7.11 Å². The van der Waals surface area contributed by atoms with Crippen molar-refractivity contribution >= 4 is 11.6 Å². The minimum absolute atomic E-state index is 0.0416. The summed E-state index contributed by atoms with van der Waals surface area (Å²) in [6.45, 7) is 6.35. The minimum Gasteiger partial charge on any atom is -0.497 e. The standard InChI is InChI=1S/C13H17NO2/c1-9-13(2,3)12(16-9)14-10-5-7-11(15-4)8-6-10/h5-9H,1-4H3. The molecule has 0 aliphatic carbocycles. The second-order valence-corrected chi connectivity index (χ2v) is 4.60. The average molecular weight is 219 g/mol. The predicted octanol–water partition coefficient (Wildman–Crippen LogP) is 3.17. The van der Waals surface area contributed by atoms with Gasteiger partial charge in [0.05, 0.1) is 18.2 Å². The molecule has 1 aromatic carbocycles. The van der Waals surface area contributed by atoms with Gasteiger partial charge in [-0.2, -0.15) is 0 Å². The lowest BCUT2D eigenvalue weighted by molar-refractivity contribution is 0.0175. The quantitative estimate of drug-likeness (QED) is 0.765. The summed E-state index contributed by atoms with van der Waals surface area (Å²) in [4.78, 5) is 4.48. The van der Waals surface area contributed by atoms with Crippen LogP contribution in [0.5, 0.6) is 5.75 Å². The number of hydrogen-bond donors (Lipinski definition) is 0. The van der Waals surface area contributed by atoms with Gasteiger partial charge in [0, 0.05) is 0 Å². The van der Waals surface area contributed by atoms with E-state index in [0.717, 1.165) is 17.3 Å². The fourth-order valence-corrected chi connectivity index (χ4v) is 1.53. The van der Waals surface area contributed by atoms with Crippen LogP contribution < -0.4 is 4.74 Å². The van der Waals surface area contributed by atoms with Crippen LogP contribution in [0.25, 0.3) is 0 Å². The van der Waals surface area contributed by atoms with Crippen molar-refractivity contribution in [3.8, 4) is 5.75 Å². The Hall–Kier alpha value is -1.51. The summed E-state index contributed by atoms with van der Waals surface area (Å²) in [6, 6.07) is 7.64. The summed E-state index contributed by atoms with van der Waals surface area (Å²) < 4.78 is 10.6. The monoisotopic (exact) mass is 219 g/mol. The Morgan fingerprint density at radius 2 is 1.88 bits per heavy atom. The summed E-state index contributed by atoms with van der Waals surface area (Å²) in [5.74, 6) is 1.65. The molecule has 0 spiro atoms. The molecular formula is C13H17NO2. The molecule has 3 heteroatoms. The van der Waals surface area contributed by atoms with Gasteiger partial charge >= 0.3 is 0 Å². The first-order valence-corrected chi connectivity index (χ1v) is 5.44. The van der Waals surface area contributed by atoms with Crippen molar-refractivity contribution in [2.45, 2.75) is 26.9 Å². The van der Waals surface area contributed by atoms with Gasteiger partial charge in [-0.15, -0.1) is 0 Å². The fraction of sp³-hybridized carbons (Fsp3) is 0.462. The Morgan fingerprint density at radius 3 is 2.31 bits per heavy atom. The Balaban J connectivity index is 2.18. The summed E-state index contributed by atoms with van der Waals surface area (Å²) >= 11 is 0. The van der Waals surface area contributed by atoms with Crippen molar-refractivity contribution in [2.24, 2.45) is 10.4 Å². The molecule has 1 unspecified atom stereocenters. The zero-order valence-electron chi connectivity index (χ0n) is 10.2. The Bertz CT molecular complexity index is 406. The van der Waals surface area contributed by atoms with Gasteiger partial charge in [0.25, 0.3) is 0 Å². The van der Waals surface area contributed by atoms with E-state index in [4.69, 9.17) is 9.47 Å². The van der Waals surface area contributed by atoms with Crippen LogP contribution in [0.1, 0.15) is 20.8 Å². The molecule has 3 nitrogen and oxygen atoms in total. The van der Waals surface area contributed by atoms with Crippen molar-refractivity contribution in [2.75, 3.05) is 7.11 Å². The van der Waals surface area contributed by atoms with E-state index in [0.29, 0.717) is 0 Å². The highest BCUT2D eigenvalue weighted by Gasteiger charge is 2.45. The van der Waals surface area contributed by atoms with Crippen LogP contribution >= 0.6 is 0 Å². The fourth-order valence-electron chi connectivity index (χ4n) is 1.53. The molecule has 0 aromatic heterocycles. The second-order valence-electron chi connectivity index (χ2n) is 4.60. The molecule has 1 aromatic rings. The van der Waals surface area contributed by atoms with Crippen molar-refractivity contribution in [1.29, 1.82) is 0 Å². The zero-order valence-corrected chi connectivity index (χ0v) is 10.2. The van der Waals surface area contributed by atoms with E-state index in [1.165, 1.54) is 0 Å². The van der Waals surface area contributed by atoms with Crippen molar-refractivity contribution in [1.82, 2.24) is 0 Å². The van der Waals surface area contributed by atoms with E-state index >= 15 is 0 Å². The van der Waals surface area contributed by atoms with Crippen LogP contribution in [0.15, 0.2) is 29.3 Å². The van der Waals surface area contributed by atoms with Crippen molar-refractivity contribution in [3.63, 3.8) is 0 Å². The number of methoxy groups -OCH3 is 1. The molecule has 16 heavy (non-hydrogen) atoms. The molecule has 1 saturated heterocycles. The molecule has 0 bridgehead atoms. The topological polar surface area (TPSA) is 30.8 Å². The van der Waals surface area contributed by atoms with E-state index < -0.39 is 0 Å². The van der Waals surface area contributed by atoms with E-state index in [-0.39, 0.29) is 11.5 Å². The Kier molecular flexibility index (Phi) is 2.62. The van der Waals surface area contributed by atoms with E-state index in [1.807, 2.05) is 24.3 Å². The molecule has 0 radical (unpaired) electrons. The lowest BCUT2D eigenvalue weighted by Gasteiger charge is -2.43. The van der Waals surface area contributed by atoms with Gasteiger partial charge in [0.2, 0.25) is 0 Å². The highest BCUT2D eigenvalue weighted by molar-refractivity contribution is 5.89. The SMILES string of the molecule is COc1ccc(N=C2OC(C)C2(C)C)cc1. The summed E-state index contributed by atoms with van der Waals surface area (Å²) in [7, 11) is 1.65. The Morgan fingerprint density at radius 1 is 1.25 bits per heavy atom. The van der Waals surface area contributed by atoms with E-state index in [9.17, 15) is 0 Å². The summed E-state index contributed by atoms with van der Waals surface area (Å²) in [6.07, 6.45) is 0.240. The predicted molar refractivity (Wildman–Crippen MR) is 64.4 cm³/mol. The number of benzene rings is 1. The number of aliphatic imine (C=N–C) groups is 1. The van der Waals surface area contributed by atoms with Gasteiger partial charge in [0.1, 0.15) is 11.9 Å². The molecule has 1 heterocycles. The number of nitrogens with zero attached hydrogens (tertiary/aromatic N) is 1. The first kappa shape index (κ1) is 11.0. The van der Waals surface area contributed by atoms with Crippen LogP contribution in [-0.4, -0.2) is 19.1 Å². The molecule has 1 aliphatic heterocycles. The highest BCUT2D eigenvalue weighted by atomic mass is 16.5. The molecule has 86 valence electrons. The van der Waals surface area contributed by atoms with Gasteiger partial charge in [0.15, 0.2) is 5.90 Å². The molecule has 1 atom stereocenters. The third-order valence-electron chi connectivity index (χ3n) is 3.16. The third kappa shape index (κ3) is 1.77. The van der Waals surface area contributed by atoms with Crippen LogP contribution in [0, 0.1) is 5.41 Å². The van der Waals surface area contributed by atoms with Gasteiger partial charge in [-0.05, 0) is 45.0 Å². The molecule has 0 amide bonds. The van der Waals surface area contributed by atoms with Crippen LogP contribution in [0.2, 0.25) is 0 Å². The number of rotatable bonds is 2. The number of ether oxygens (including phenoxy) is 2. The van der Waals surface area contributed by atoms with Gasteiger partial charge in [-0.1, -0.05) is 0 Å². The van der Waals surface area contributed by atoms with Crippen LogP contribution in [0.4, 0.5) is 5.69 Å². The first-order chi connectivity index (χ1) is 7.54. The third-order valence-corrected chi connectivity index (χ3v) is 3.16. The molecule has 0 saturated carbocycles. The highest BCUT2D eigenvalue weighted by Crippen LogP contribution is 2.37. The maximum Gasteiger partial charge on any atom is 0.198 e. The van der Waals surface area contributed by atoms with Crippen LogP contribution in [0.3, 0.4) is 0 Å². The average Bonchev–Trinajstić information content (AvgIpc) is 2.29. The van der Waals surface area contributed by atoms with Gasteiger partial charge < -0.3 is 9.47 Å². The number of hydrogen-bond acceptors (Lipinski definition) is 3. The minimum atomic E-state index is 0.0416. The maximum absolute atomic E-state index is 5.53. The van der Waals surface area contributed by atoms with E-state index in [2.05, 4.69) is 25.8 Å². The zero-order chi connectivity index (χ0) is 11.8. The first-order valence-electron chi connectivity index (χ1n) is 5.44. The molecule has 2 rings (SSSR count). The van der Waals surface area contributed by atoms with Crippen molar-refractivity contribution < 1.29 is 9.47 Å². The molecule has 1 aliphatic rings. The second kappa shape index (κ2) is 3.81. The van der Waals surface area contributed by atoms with Crippen LogP contribution in [-0.2, 0) is 4.74 Å². The molecular weight excluding hydrogens is 202 g/mol. The summed E-state index contributed by atoms with van der Waals surface area (Å²) in [5, 5.41) is 0. The summed E-state index contributed by atoms with van der Waals surface area (Å²) in [5.41, 5.74) is 0.940. The lowest BCUT2D eigenvalue weighted by Crippen LogP contribution is -2.50. The Labute approximate surface area is 96.1 Å². The van der Waals surface area contributed by atoms with Gasteiger partial charge in [-0.25, -0.2) is 4.99 Å². The lowest BCUT2D eigenvalue weighted by atomic mass is 9.82. The normalized spacial score (nSPS) is 24.8. The maximum atomic E-state index is 5.53. The largest absolute Gasteiger partial charge is 0.497 e. The van der Waals surface area contributed by atoms with Crippen molar-refractivity contribution in [3.05, 3.63) is 24.3 Å². The molecule has 0 N–H and O–H groups in total. The smallest absolute Gasteiger partial charge is 0.198 e. The molecule has 1 fully saturated rings.